The average molecular weight is 380 g/mol. The van der Waals surface area contributed by atoms with E-state index in [9.17, 15) is 9.59 Å². The molecule has 0 saturated heterocycles. The molecule has 1 aliphatic rings. The molecule has 110 valence electrons. The lowest BCUT2D eigenvalue weighted by molar-refractivity contribution is -0.143. The van der Waals surface area contributed by atoms with Crippen molar-refractivity contribution in [3.63, 3.8) is 0 Å². The molecule has 0 aromatic rings. The number of allylic oxidation sites excluding steroid dienone is 4. The van der Waals surface area contributed by atoms with E-state index in [1.54, 1.807) is 19.1 Å². The van der Waals surface area contributed by atoms with Crippen LogP contribution in [0.2, 0.25) is 0 Å². The van der Waals surface area contributed by atoms with E-state index < -0.39 is 0 Å². The van der Waals surface area contributed by atoms with Crippen LogP contribution in [0.1, 0.15) is 32.6 Å². The number of carbonyl (C=O) groups excluding carboxylic acids is 2. The van der Waals surface area contributed by atoms with Crippen LogP contribution in [0.4, 0.5) is 0 Å². The second-order valence-corrected chi connectivity index (χ2v) is 6.34. The summed E-state index contributed by atoms with van der Waals surface area (Å²) in [5.74, 6) is -0.317. The van der Waals surface area contributed by atoms with Crippen LogP contribution in [0, 0.1) is 0 Å². The van der Waals surface area contributed by atoms with Gasteiger partial charge in [-0.15, -0.1) is 0 Å². The lowest BCUT2D eigenvalue weighted by atomic mass is 9.97. The third kappa shape index (κ3) is 5.46. The molecule has 3 nitrogen and oxygen atoms in total. The fourth-order valence-electron chi connectivity index (χ4n) is 1.74. The number of carbonyl (C=O) groups is 2. The van der Waals surface area contributed by atoms with Crippen molar-refractivity contribution >= 4 is 56.4 Å². The monoisotopic (exact) mass is 378 g/mol. The summed E-state index contributed by atoms with van der Waals surface area (Å²) in [5, 5.41) is 0.535. The zero-order valence-electron chi connectivity index (χ0n) is 11.2. The molecule has 0 aromatic carbocycles. The summed E-state index contributed by atoms with van der Waals surface area (Å²) in [6.07, 6.45) is 5.37. The molecule has 20 heavy (non-hydrogen) atoms. The third-order valence-corrected chi connectivity index (χ3v) is 4.28. The molecule has 0 bridgehead atoms. The van der Waals surface area contributed by atoms with E-state index in [-0.39, 0.29) is 16.6 Å². The number of esters is 1. The van der Waals surface area contributed by atoms with Crippen LogP contribution < -0.4 is 0 Å². The topological polar surface area (TPSA) is 43.4 Å². The molecule has 0 aliphatic heterocycles. The summed E-state index contributed by atoms with van der Waals surface area (Å²) < 4.78 is 4.84. The quantitative estimate of drug-likeness (QED) is 0.382. The van der Waals surface area contributed by atoms with Gasteiger partial charge in [0.2, 0.25) is 0 Å². The first-order chi connectivity index (χ1) is 9.45. The van der Waals surface area contributed by atoms with Gasteiger partial charge in [0.25, 0.3) is 0 Å². The molecule has 0 spiro atoms. The second-order valence-electron chi connectivity index (χ2n) is 4.30. The second kappa shape index (κ2) is 8.70. The molecule has 0 radical (unpaired) electrons. The maximum atomic E-state index is 12.3. The van der Waals surface area contributed by atoms with E-state index in [0.717, 1.165) is 0 Å². The number of alkyl halides is 1. The Morgan fingerprint density at radius 3 is 2.90 bits per heavy atom. The van der Waals surface area contributed by atoms with Gasteiger partial charge >= 0.3 is 5.97 Å². The maximum absolute atomic E-state index is 12.3. The molecule has 1 atom stereocenters. The van der Waals surface area contributed by atoms with Crippen molar-refractivity contribution in [1.29, 1.82) is 0 Å². The number of thiocarbonyl (C=S) groups is 1. The smallest absolute Gasteiger partial charge is 0.305 e. The summed E-state index contributed by atoms with van der Waals surface area (Å²) in [4.78, 5) is 23.7. The number of ketones is 1. The molecule has 0 aromatic heterocycles. The zero-order chi connectivity index (χ0) is 15.1. The van der Waals surface area contributed by atoms with Crippen molar-refractivity contribution in [3.05, 3.63) is 22.8 Å². The van der Waals surface area contributed by atoms with Gasteiger partial charge in [0.05, 0.1) is 11.4 Å². The molecule has 0 fully saturated rings. The molecular weight excluding hydrogens is 364 g/mol. The fourth-order valence-corrected chi connectivity index (χ4v) is 2.74. The van der Waals surface area contributed by atoms with Crippen molar-refractivity contribution in [2.45, 2.75) is 37.4 Å². The summed E-state index contributed by atoms with van der Waals surface area (Å²) in [7, 11) is 0. The van der Waals surface area contributed by atoms with Gasteiger partial charge in [-0.3, -0.25) is 9.59 Å². The molecule has 1 aliphatic carbocycles. The molecular formula is C14H16BrClO3S. The van der Waals surface area contributed by atoms with Gasteiger partial charge in [0, 0.05) is 28.3 Å². The number of hydrogen-bond donors (Lipinski definition) is 0. The van der Waals surface area contributed by atoms with Crippen LogP contribution in [0.3, 0.4) is 0 Å². The van der Waals surface area contributed by atoms with E-state index in [1.165, 1.54) is 0 Å². The fraction of sp³-hybridized carbons (Fsp3) is 0.500. The van der Waals surface area contributed by atoms with Crippen molar-refractivity contribution in [3.8, 4) is 0 Å². The van der Waals surface area contributed by atoms with E-state index in [1.807, 2.05) is 0 Å². The molecule has 1 rings (SSSR count). The van der Waals surface area contributed by atoms with E-state index in [4.69, 9.17) is 28.6 Å². The van der Waals surface area contributed by atoms with Crippen LogP contribution in [-0.2, 0) is 14.3 Å². The van der Waals surface area contributed by atoms with Crippen LogP contribution in [0.5, 0.6) is 0 Å². The Labute approximate surface area is 137 Å². The molecule has 0 N–H and O–H groups in total. The van der Waals surface area contributed by atoms with Gasteiger partial charge in [-0.1, -0.05) is 45.8 Å². The number of Topliss-reactive ketones (excluding diaryl/α,β-unsaturated/α-hetero) is 1. The number of hydrogen-bond acceptors (Lipinski definition) is 4. The first-order valence-corrected chi connectivity index (χ1v) is 8.10. The minimum absolute atomic E-state index is 0.0786. The Bertz CT molecular complexity index is 471. The number of halogens is 2. The number of ether oxygens (including phenoxy) is 1. The predicted molar refractivity (Wildman–Crippen MR) is 87.4 cm³/mol. The average Bonchev–Trinajstić information content (AvgIpc) is 2.41. The molecule has 0 heterocycles. The van der Waals surface area contributed by atoms with Crippen molar-refractivity contribution in [2.24, 2.45) is 0 Å². The Hall–Kier alpha value is -0.520. The highest BCUT2D eigenvalue weighted by Crippen LogP contribution is 2.23. The lowest BCUT2D eigenvalue weighted by Gasteiger charge is -2.14. The normalized spacial score (nSPS) is 16.2. The Morgan fingerprint density at radius 1 is 1.55 bits per heavy atom. The van der Waals surface area contributed by atoms with Gasteiger partial charge in [0.15, 0.2) is 5.78 Å². The Kier molecular flexibility index (Phi) is 7.62. The molecule has 6 heteroatoms. The summed E-state index contributed by atoms with van der Waals surface area (Å²) >= 11 is 14.4. The molecule has 1 unspecified atom stereocenters. The third-order valence-electron chi connectivity index (χ3n) is 2.76. The van der Waals surface area contributed by atoms with Gasteiger partial charge in [-0.2, -0.15) is 0 Å². The van der Waals surface area contributed by atoms with Crippen LogP contribution in [0.15, 0.2) is 22.8 Å². The van der Waals surface area contributed by atoms with Crippen molar-refractivity contribution in [2.75, 3.05) is 6.61 Å². The Morgan fingerprint density at radius 2 is 2.25 bits per heavy atom. The number of rotatable bonds is 7. The summed E-state index contributed by atoms with van der Waals surface area (Å²) in [6, 6.07) is 0. The lowest BCUT2D eigenvalue weighted by Crippen LogP contribution is -2.22. The molecule has 0 saturated carbocycles. The van der Waals surface area contributed by atoms with Crippen molar-refractivity contribution in [1.82, 2.24) is 0 Å². The highest BCUT2D eigenvalue weighted by molar-refractivity contribution is 9.10. The zero-order valence-corrected chi connectivity index (χ0v) is 14.3. The minimum Gasteiger partial charge on any atom is -0.466 e. The van der Waals surface area contributed by atoms with Crippen LogP contribution in [0.25, 0.3) is 0 Å². The summed E-state index contributed by atoms with van der Waals surface area (Å²) in [5.41, 5.74) is 0.491. The van der Waals surface area contributed by atoms with Gasteiger partial charge in [0.1, 0.15) is 0 Å². The largest absolute Gasteiger partial charge is 0.466 e. The highest BCUT2D eigenvalue weighted by atomic mass is 79.9. The van der Waals surface area contributed by atoms with Crippen LogP contribution in [-0.4, -0.2) is 28.1 Å². The Balaban J connectivity index is 2.49. The SMILES string of the molecule is CCOC(=O)CCCC(Br)C(=O)C1=CC(Cl)=CCC1=S. The van der Waals surface area contributed by atoms with Gasteiger partial charge in [-0.25, -0.2) is 0 Å². The standard InChI is InChI=1S/C14H16BrClO3S/c1-2-19-13(17)5-3-4-11(15)14(18)10-8-9(16)6-7-12(10)20/h6,8,11H,2-5,7H2,1H3. The predicted octanol–water partition coefficient (Wildman–Crippen LogP) is 3.88. The summed E-state index contributed by atoms with van der Waals surface area (Å²) in [6.45, 7) is 2.14. The highest BCUT2D eigenvalue weighted by Gasteiger charge is 2.23. The van der Waals surface area contributed by atoms with E-state index in [2.05, 4.69) is 15.9 Å². The van der Waals surface area contributed by atoms with E-state index >= 15 is 0 Å². The van der Waals surface area contributed by atoms with Crippen molar-refractivity contribution < 1.29 is 14.3 Å². The first-order valence-electron chi connectivity index (χ1n) is 6.40. The van der Waals surface area contributed by atoms with Gasteiger partial charge < -0.3 is 4.74 Å². The minimum atomic E-state index is -0.358. The van der Waals surface area contributed by atoms with E-state index in [0.29, 0.717) is 47.8 Å². The maximum Gasteiger partial charge on any atom is 0.305 e. The van der Waals surface area contributed by atoms with Crippen LogP contribution >= 0.6 is 39.7 Å². The van der Waals surface area contributed by atoms with Gasteiger partial charge in [-0.05, 0) is 25.8 Å². The first kappa shape index (κ1) is 17.5. The molecule has 0 amide bonds.